The standard InChI is InChI=1S/C17H16O3/c1-12-2-5-14(6-3-12)15(10-18)8-13-4-7-16-17(9-13)20-11-19-16/h2-7,9-10,15H,8,11H2,1H3. The van der Waals surface area contributed by atoms with Crippen LogP contribution in [0.1, 0.15) is 22.6 Å². The van der Waals surface area contributed by atoms with Crippen LogP contribution in [0.2, 0.25) is 0 Å². The van der Waals surface area contributed by atoms with Crippen LogP contribution in [0.5, 0.6) is 11.5 Å². The zero-order valence-electron chi connectivity index (χ0n) is 11.3. The number of rotatable bonds is 4. The van der Waals surface area contributed by atoms with E-state index in [0.29, 0.717) is 6.42 Å². The summed E-state index contributed by atoms with van der Waals surface area (Å²) in [6, 6.07) is 13.9. The number of benzene rings is 2. The van der Waals surface area contributed by atoms with E-state index in [1.54, 1.807) is 0 Å². The lowest BCUT2D eigenvalue weighted by Gasteiger charge is -2.11. The van der Waals surface area contributed by atoms with Crippen LogP contribution < -0.4 is 9.47 Å². The van der Waals surface area contributed by atoms with Gasteiger partial charge in [-0.3, -0.25) is 0 Å². The number of hydrogen-bond acceptors (Lipinski definition) is 3. The van der Waals surface area contributed by atoms with Gasteiger partial charge in [0.1, 0.15) is 6.29 Å². The van der Waals surface area contributed by atoms with Crippen LogP contribution in [0.15, 0.2) is 42.5 Å². The minimum Gasteiger partial charge on any atom is -0.454 e. The van der Waals surface area contributed by atoms with Crippen molar-refractivity contribution in [3.63, 3.8) is 0 Å². The lowest BCUT2D eigenvalue weighted by Crippen LogP contribution is -2.04. The van der Waals surface area contributed by atoms with E-state index in [1.165, 1.54) is 5.56 Å². The summed E-state index contributed by atoms with van der Waals surface area (Å²) in [5.41, 5.74) is 3.32. The normalized spacial score (nSPS) is 14.1. The van der Waals surface area contributed by atoms with E-state index in [4.69, 9.17) is 9.47 Å². The summed E-state index contributed by atoms with van der Waals surface area (Å²) in [6.45, 7) is 2.31. The largest absolute Gasteiger partial charge is 0.454 e. The summed E-state index contributed by atoms with van der Waals surface area (Å²) in [7, 11) is 0. The van der Waals surface area contributed by atoms with Crippen LogP contribution in [0.4, 0.5) is 0 Å². The molecule has 0 aliphatic carbocycles. The number of aryl methyl sites for hydroxylation is 1. The first-order valence-electron chi connectivity index (χ1n) is 6.66. The average molecular weight is 268 g/mol. The van der Waals surface area contributed by atoms with Crippen molar-refractivity contribution in [2.24, 2.45) is 0 Å². The molecule has 0 bridgehead atoms. The molecule has 102 valence electrons. The highest BCUT2D eigenvalue weighted by Crippen LogP contribution is 2.33. The van der Waals surface area contributed by atoms with E-state index in [1.807, 2.05) is 49.4 Å². The van der Waals surface area contributed by atoms with Crippen molar-refractivity contribution in [2.45, 2.75) is 19.3 Å². The quantitative estimate of drug-likeness (QED) is 0.798. The molecule has 1 unspecified atom stereocenters. The molecule has 1 atom stereocenters. The number of ether oxygens (including phenoxy) is 2. The Hall–Kier alpha value is -2.29. The van der Waals surface area contributed by atoms with Crippen LogP contribution in [-0.2, 0) is 11.2 Å². The molecule has 0 spiro atoms. The van der Waals surface area contributed by atoms with Crippen molar-refractivity contribution < 1.29 is 14.3 Å². The summed E-state index contributed by atoms with van der Waals surface area (Å²) >= 11 is 0. The van der Waals surface area contributed by atoms with Gasteiger partial charge < -0.3 is 14.3 Å². The monoisotopic (exact) mass is 268 g/mol. The first-order valence-corrected chi connectivity index (χ1v) is 6.66. The number of fused-ring (bicyclic) bond motifs is 1. The molecule has 0 fully saturated rings. The molecule has 3 nitrogen and oxygen atoms in total. The molecule has 1 aliphatic heterocycles. The predicted molar refractivity (Wildman–Crippen MR) is 76.3 cm³/mol. The number of carbonyl (C=O) groups is 1. The maximum absolute atomic E-state index is 11.4. The lowest BCUT2D eigenvalue weighted by atomic mass is 9.92. The van der Waals surface area contributed by atoms with Crippen molar-refractivity contribution in [1.29, 1.82) is 0 Å². The maximum atomic E-state index is 11.4. The summed E-state index contributed by atoms with van der Waals surface area (Å²) in [5, 5.41) is 0. The van der Waals surface area contributed by atoms with Crippen LogP contribution >= 0.6 is 0 Å². The first kappa shape index (κ1) is 12.7. The van der Waals surface area contributed by atoms with E-state index in [2.05, 4.69) is 0 Å². The number of carbonyl (C=O) groups excluding carboxylic acids is 1. The van der Waals surface area contributed by atoms with Gasteiger partial charge in [0, 0.05) is 5.92 Å². The summed E-state index contributed by atoms with van der Waals surface area (Å²) in [4.78, 5) is 11.4. The Morgan fingerprint density at radius 3 is 2.60 bits per heavy atom. The van der Waals surface area contributed by atoms with E-state index in [0.717, 1.165) is 28.9 Å². The molecule has 0 radical (unpaired) electrons. The molecule has 0 N–H and O–H groups in total. The van der Waals surface area contributed by atoms with Crippen molar-refractivity contribution in [2.75, 3.05) is 6.79 Å². The van der Waals surface area contributed by atoms with Gasteiger partial charge in [0.15, 0.2) is 11.5 Å². The lowest BCUT2D eigenvalue weighted by molar-refractivity contribution is -0.109. The van der Waals surface area contributed by atoms with E-state index >= 15 is 0 Å². The molecule has 20 heavy (non-hydrogen) atoms. The molecule has 1 heterocycles. The van der Waals surface area contributed by atoms with Gasteiger partial charge in [0.05, 0.1) is 0 Å². The van der Waals surface area contributed by atoms with Gasteiger partial charge in [-0.05, 0) is 36.6 Å². The highest BCUT2D eigenvalue weighted by molar-refractivity contribution is 5.63. The zero-order chi connectivity index (χ0) is 13.9. The molecule has 2 aromatic carbocycles. The third kappa shape index (κ3) is 2.52. The van der Waals surface area contributed by atoms with Gasteiger partial charge in [-0.2, -0.15) is 0 Å². The molecule has 0 saturated carbocycles. The Balaban J connectivity index is 1.81. The second-order valence-electron chi connectivity index (χ2n) is 5.04. The number of hydrogen-bond donors (Lipinski definition) is 0. The number of aldehydes is 1. The highest BCUT2D eigenvalue weighted by Gasteiger charge is 2.16. The Labute approximate surface area is 118 Å². The SMILES string of the molecule is Cc1ccc(C(C=O)Cc2ccc3c(c2)OCO3)cc1. The van der Waals surface area contributed by atoms with Crippen molar-refractivity contribution in [3.05, 3.63) is 59.2 Å². The topological polar surface area (TPSA) is 35.5 Å². The van der Waals surface area contributed by atoms with Crippen LogP contribution in [0, 0.1) is 6.92 Å². The van der Waals surface area contributed by atoms with Gasteiger partial charge in [0.2, 0.25) is 6.79 Å². The van der Waals surface area contributed by atoms with Gasteiger partial charge in [0.25, 0.3) is 0 Å². The smallest absolute Gasteiger partial charge is 0.231 e. The fourth-order valence-corrected chi connectivity index (χ4v) is 2.38. The predicted octanol–water partition coefficient (Wildman–Crippen LogP) is 3.25. The van der Waals surface area contributed by atoms with Crippen LogP contribution in [0.3, 0.4) is 0 Å². The molecule has 0 amide bonds. The Morgan fingerprint density at radius 1 is 1.10 bits per heavy atom. The van der Waals surface area contributed by atoms with Gasteiger partial charge in [-0.25, -0.2) is 0 Å². The van der Waals surface area contributed by atoms with E-state index < -0.39 is 0 Å². The van der Waals surface area contributed by atoms with Gasteiger partial charge in [-0.15, -0.1) is 0 Å². The van der Waals surface area contributed by atoms with Crippen LogP contribution in [0.25, 0.3) is 0 Å². The fraction of sp³-hybridized carbons (Fsp3) is 0.235. The summed E-state index contributed by atoms with van der Waals surface area (Å²) in [5.74, 6) is 1.40. The van der Waals surface area contributed by atoms with Crippen molar-refractivity contribution in [1.82, 2.24) is 0 Å². The second-order valence-corrected chi connectivity index (χ2v) is 5.04. The minimum absolute atomic E-state index is 0.129. The Morgan fingerprint density at radius 2 is 1.85 bits per heavy atom. The summed E-state index contributed by atoms with van der Waals surface area (Å²) in [6.07, 6.45) is 1.68. The Kier molecular flexibility index (Phi) is 3.42. The minimum atomic E-state index is -0.129. The fourth-order valence-electron chi connectivity index (χ4n) is 2.38. The third-order valence-electron chi connectivity index (χ3n) is 3.56. The first-order chi connectivity index (χ1) is 9.76. The molecule has 0 aromatic heterocycles. The maximum Gasteiger partial charge on any atom is 0.231 e. The van der Waals surface area contributed by atoms with Gasteiger partial charge in [-0.1, -0.05) is 35.9 Å². The molecule has 2 aromatic rings. The van der Waals surface area contributed by atoms with Crippen LogP contribution in [-0.4, -0.2) is 13.1 Å². The molecular formula is C17H16O3. The Bertz CT molecular complexity index is 617. The molecule has 1 aliphatic rings. The third-order valence-corrected chi connectivity index (χ3v) is 3.56. The highest BCUT2D eigenvalue weighted by atomic mass is 16.7. The van der Waals surface area contributed by atoms with E-state index in [-0.39, 0.29) is 12.7 Å². The van der Waals surface area contributed by atoms with Crippen molar-refractivity contribution in [3.8, 4) is 11.5 Å². The molecular weight excluding hydrogens is 252 g/mol. The second kappa shape index (κ2) is 5.37. The molecule has 3 rings (SSSR count). The molecule has 0 saturated heterocycles. The summed E-state index contributed by atoms with van der Waals surface area (Å²) < 4.78 is 10.7. The van der Waals surface area contributed by atoms with Crippen molar-refractivity contribution >= 4 is 6.29 Å². The van der Waals surface area contributed by atoms with E-state index in [9.17, 15) is 4.79 Å². The zero-order valence-corrected chi connectivity index (χ0v) is 11.3. The van der Waals surface area contributed by atoms with Gasteiger partial charge >= 0.3 is 0 Å². The molecule has 3 heteroatoms. The average Bonchev–Trinajstić information content (AvgIpc) is 2.93.